The van der Waals surface area contributed by atoms with Crippen molar-refractivity contribution in [1.29, 1.82) is 0 Å². The Bertz CT molecular complexity index is 543. The van der Waals surface area contributed by atoms with E-state index in [1.165, 1.54) is 19.2 Å². The molecule has 1 aromatic rings. The molecular formula is C15H19NO5. The molecule has 0 bridgehead atoms. The van der Waals surface area contributed by atoms with Gasteiger partial charge in [-0.05, 0) is 37.5 Å². The second kappa shape index (κ2) is 6.47. The van der Waals surface area contributed by atoms with Gasteiger partial charge in [0.2, 0.25) is 0 Å². The molecule has 6 heteroatoms. The van der Waals surface area contributed by atoms with Crippen LogP contribution in [0.25, 0.3) is 0 Å². The van der Waals surface area contributed by atoms with Gasteiger partial charge in [-0.15, -0.1) is 0 Å². The lowest BCUT2D eigenvalue weighted by Gasteiger charge is -2.27. The van der Waals surface area contributed by atoms with Gasteiger partial charge in [0.25, 0.3) is 5.91 Å². The lowest BCUT2D eigenvalue weighted by molar-refractivity contribution is -0.143. The third kappa shape index (κ3) is 3.65. The van der Waals surface area contributed by atoms with E-state index in [1.54, 1.807) is 6.07 Å². The molecule has 0 spiro atoms. The Hall–Kier alpha value is -2.24. The van der Waals surface area contributed by atoms with Crippen LogP contribution in [0.1, 0.15) is 36.0 Å². The Morgan fingerprint density at radius 2 is 2.10 bits per heavy atom. The minimum atomic E-state index is -0.809. The molecule has 2 atom stereocenters. The van der Waals surface area contributed by atoms with Crippen LogP contribution in [0.5, 0.6) is 11.5 Å². The Morgan fingerprint density at radius 1 is 1.33 bits per heavy atom. The third-order valence-corrected chi connectivity index (χ3v) is 3.80. The molecule has 0 heterocycles. The maximum Gasteiger partial charge on any atom is 0.306 e. The van der Waals surface area contributed by atoms with E-state index in [0.29, 0.717) is 24.2 Å². The number of phenolic OH excluding ortho intramolecular Hbond substituents is 1. The molecule has 2 rings (SSSR count). The highest BCUT2D eigenvalue weighted by molar-refractivity contribution is 5.95. The molecule has 1 saturated carbocycles. The lowest BCUT2D eigenvalue weighted by Crippen LogP contribution is -2.39. The summed E-state index contributed by atoms with van der Waals surface area (Å²) in [5, 5.41) is 21.6. The summed E-state index contributed by atoms with van der Waals surface area (Å²) < 4.78 is 4.92. The Labute approximate surface area is 122 Å². The van der Waals surface area contributed by atoms with Crippen molar-refractivity contribution in [1.82, 2.24) is 5.32 Å². The summed E-state index contributed by atoms with van der Waals surface area (Å²) in [6.07, 6.45) is 2.67. The quantitative estimate of drug-likeness (QED) is 0.786. The number of benzene rings is 1. The molecule has 1 aromatic carbocycles. The molecule has 3 N–H and O–H groups in total. The van der Waals surface area contributed by atoms with Crippen molar-refractivity contribution in [3.05, 3.63) is 23.8 Å². The molecule has 6 nitrogen and oxygen atoms in total. The van der Waals surface area contributed by atoms with Crippen LogP contribution in [-0.2, 0) is 4.79 Å². The number of carboxylic acid groups (broad SMARTS) is 1. The molecule has 1 aliphatic carbocycles. The number of carboxylic acids is 1. The van der Waals surface area contributed by atoms with Crippen LogP contribution >= 0.6 is 0 Å². The van der Waals surface area contributed by atoms with Gasteiger partial charge in [-0.1, -0.05) is 6.42 Å². The molecule has 0 aromatic heterocycles. The van der Waals surface area contributed by atoms with Gasteiger partial charge < -0.3 is 20.3 Å². The van der Waals surface area contributed by atoms with Crippen LogP contribution in [0.15, 0.2) is 18.2 Å². The molecule has 0 radical (unpaired) electrons. The van der Waals surface area contributed by atoms with Gasteiger partial charge in [-0.3, -0.25) is 9.59 Å². The van der Waals surface area contributed by atoms with Crippen molar-refractivity contribution in [2.45, 2.75) is 31.7 Å². The maximum atomic E-state index is 12.1. The summed E-state index contributed by atoms with van der Waals surface area (Å²) >= 11 is 0. The first-order valence-electron chi connectivity index (χ1n) is 6.92. The fourth-order valence-electron chi connectivity index (χ4n) is 2.65. The summed E-state index contributed by atoms with van der Waals surface area (Å²) in [6, 6.07) is 4.28. The molecule has 0 aliphatic heterocycles. The first kappa shape index (κ1) is 15.2. The number of ether oxygens (including phenoxy) is 1. The fourth-order valence-corrected chi connectivity index (χ4v) is 2.65. The van der Waals surface area contributed by atoms with Crippen LogP contribution < -0.4 is 10.1 Å². The largest absolute Gasteiger partial charge is 0.504 e. The average molecular weight is 293 g/mol. The number of nitrogens with one attached hydrogen (secondary N) is 1. The second-order valence-corrected chi connectivity index (χ2v) is 5.26. The average Bonchev–Trinajstić information content (AvgIpc) is 2.47. The van der Waals surface area contributed by atoms with Crippen molar-refractivity contribution in [3.8, 4) is 11.5 Å². The summed E-state index contributed by atoms with van der Waals surface area (Å²) in [5.41, 5.74) is 0.325. The van der Waals surface area contributed by atoms with Gasteiger partial charge in [0.15, 0.2) is 11.5 Å². The number of aromatic hydroxyl groups is 1. The Morgan fingerprint density at radius 3 is 2.71 bits per heavy atom. The SMILES string of the molecule is COc1ccc(C(=O)NC2CCCC(C(=O)O)C2)cc1O. The molecule has 2 unspecified atom stereocenters. The first-order valence-corrected chi connectivity index (χ1v) is 6.92. The van der Waals surface area contributed by atoms with Crippen molar-refractivity contribution in [3.63, 3.8) is 0 Å². The summed E-state index contributed by atoms with van der Waals surface area (Å²) in [5.74, 6) is -1.32. The van der Waals surface area contributed by atoms with E-state index in [9.17, 15) is 14.7 Å². The topological polar surface area (TPSA) is 95.9 Å². The zero-order valence-electron chi connectivity index (χ0n) is 11.8. The number of aliphatic carboxylic acids is 1. The Balaban J connectivity index is 2.01. The van der Waals surface area contributed by atoms with Crippen LogP contribution in [0.4, 0.5) is 0 Å². The van der Waals surface area contributed by atoms with Gasteiger partial charge in [0, 0.05) is 11.6 Å². The van der Waals surface area contributed by atoms with E-state index in [2.05, 4.69) is 5.32 Å². The predicted octanol–water partition coefficient (Wildman–Crippen LogP) is 1.77. The van der Waals surface area contributed by atoms with Crippen molar-refractivity contribution in [2.24, 2.45) is 5.92 Å². The predicted molar refractivity (Wildman–Crippen MR) is 75.5 cm³/mol. The number of carbonyl (C=O) groups excluding carboxylic acids is 1. The van der Waals surface area contributed by atoms with Gasteiger partial charge in [0.05, 0.1) is 13.0 Å². The highest BCUT2D eigenvalue weighted by Gasteiger charge is 2.28. The molecule has 0 saturated heterocycles. The van der Waals surface area contributed by atoms with E-state index in [1.807, 2.05) is 0 Å². The zero-order chi connectivity index (χ0) is 15.4. The van der Waals surface area contributed by atoms with Gasteiger partial charge in [0.1, 0.15) is 0 Å². The van der Waals surface area contributed by atoms with Crippen molar-refractivity contribution < 1.29 is 24.5 Å². The normalized spacial score (nSPS) is 21.6. The van der Waals surface area contributed by atoms with Crippen molar-refractivity contribution >= 4 is 11.9 Å². The highest BCUT2D eigenvalue weighted by atomic mass is 16.5. The second-order valence-electron chi connectivity index (χ2n) is 5.26. The molecular weight excluding hydrogens is 274 g/mol. The lowest BCUT2D eigenvalue weighted by atomic mass is 9.85. The molecule has 1 amide bonds. The minimum absolute atomic E-state index is 0.0998. The first-order chi connectivity index (χ1) is 10.0. The van der Waals surface area contributed by atoms with Gasteiger partial charge in [-0.25, -0.2) is 0 Å². The number of rotatable bonds is 4. The number of phenols is 1. The van der Waals surface area contributed by atoms with Crippen LogP contribution in [0.2, 0.25) is 0 Å². The maximum absolute atomic E-state index is 12.1. The number of amides is 1. The molecule has 21 heavy (non-hydrogen) atoms. The van der Waals surface area contributed by atoms with E-state index >= 15 is 0 Å². The van der Waals surface area contributed by atoms with E-state index in [-0.39, 0.29) is 17.7 Å². The van der Waals surface area contributed by atoms with Crippen LogP contribution in [0.3, 0.4) is 0 Å². The third-order valence-electron chi connectivity index (χ3n) is 3.80. The summed E-state index contributed by atoms with van der Waals surface area (Å²) in [6.45, 7) is 0. The van der Waals surface area contributed by atoms with Crippen LogP contribution in [0, 0.1) is 5.92 Å². The van der Waals surface area contributed by atoms with Gasteiger partial charge in [-0.2, -0.15) is 0 Å². The monoisotopic (exact) mass is 293 g/mol. The van der Waals surface area contributed by atoms with Gasteiger partial charge >= 0.3 is 5.97 Å². The zero-order valence-corrected chi connectivity index (χ0v) is 11.8. The smallest absolute Gasteiger partial charge is 0.306 e. The molecule has 1 fully saturated rings. The summed E-state index contributed by atoms with van der Waals surface area (Å²) in [7, 11) is 1.43. The van der Waals surface area contributed by atoms with Crippen LogP contribution in [-0.4, -0.2) is 35.2 Å². The molecule has 114 valence electrons. The minimum Gasteiger partial charge on any atom is -0.504 e. The number of carbonyl (C=O) groups is 2. The standard InChI is InChI=1S/C15H19NO5/c1-21-13-6-5-9(8-12(13)17)14(18)16-11-4-2-3-10(7-11)15(19)20/h5-6,8,10-11,17H,2-4,7H2,1H3,(H,16,18)(H,19,20). The number of methoxy groups -OCH3 is 1. The molecule has 1 aliphatic rings. The number of hydrogen-bond acceptors (Lipinski definition) is 4. The van der Waals surface area contributed by atoms with E-state index in [0.717, 1.165) is 12.8 Å². The van der Waals surface area contributed by atoms with E-state index < -0.39 is 11.9 Å². The fraction of sp³-hybridized carbons (Fsp3) is 0.467. The highest BCUT2D eigenvalue weighted by Crippen LogP contribution is 2.27. The number of hydrogen-bond donors (Lipinski definition) is 3. The summed E-state index contributed by atoms with van der Waals surface area (Å²) in [4.78, 5) is 23.1. The van der Waals surface area contributed by atoms with E-state index in [4.69, 9.17) is 9.84 Å². The van der Waals surface area contributed by atoms with Crippen molar-refractivity contribution in [2.75, 3.05) is 7.11 Å². The Kier molecular flexibility index (Phi) is 4.67.